The smallest absolute Gasteiger partial charge is 0.507 e. The monoisotopic (exact) mass is 1860 g/mol. The molecule has 5 aromatic rings. The molecule has 9 aliphatic heterocycles. The lowest BCUT2D eigenvalue weighted by Crippen LogP contribution is -2.57. The summed E-state index contributed by atoms with van der Waals surface area (Å²) in [4.78, 5) is 93.7. The Morgan fingerprint density at radius 2 is 0.992 bits per heavy atom. The lowest BCUT2D eigenvalue weighted by atomic mass is 9.79. The van der Waals surface area contributed by atoms with Crippen LogP contribution in [0.5, 0.6) is 17.2 Å². The number of ether oxygens (including phenoxy) is 5. The quantitative estimate of drug-likeness (QED) is 0.00740. The zero-order chi connectivity index (χ0) is 94.8. The Labute approximate surface area is 737 Å². The average Bonchev–Trinajstić information content (AvgIpc) is 1.67. The van der Waals surface area contributed by atoms with Crippen LogP contribution >= 0.6 is 12.2 Å². The van der Waals surface area contributed by atoms with E-state index in [1.807, 2.05) is 84.6 Å². The van der Waals surface area contributed by atoms with Gasteiger partial charge in [0.05, 0.1) is 28.8 Å². The van der Waals surface area contributed by atoms with Gasteiger partial charge in [-0.2, -0.15) is 46.9 Å². The van der Waals surface area contributed by atoms with Crippen molar-refractivity contribution >= 4 is 97.9 Å². The Kier molecular flexibility index (Phi) is 36.1. The molecular formula is C85H110BF9N6O23S3. The number of ketones is 3. The first kappa shape index (κ1) is 105. The third-order valence-electron chi connectivity index (χ3n) is 20.8. The van der Waals surface area contributed by atoms with Gasteiger partial charge in [0.15, 0.2) is 29.6 Å². The van der Waals surface area contributed by atoms with Crippen LogP contribution in [0.4, 0.5) is 59.6 Å². The van der Waals surface area contributed by atoms with Gasteiger partial charge in [-0.05, 0) is 214 Å². The van der Waals surface area contributed by atoms with Gasteiger partial charge in [-0.25, -0.2) is 14.4 Å². The number of aromatic hydroxyl groups is 1. The second-order valence-corrected chi connectivity index (χ2v) is 38.0. The first-order valence-corrected chi connectivity index (χ1v) is 44.5. The van der Waals surface area contributed by atoms with Crippen LogP contribution in [0.25, 0.3) is 5.76 Å². The number of phenols is 1. The summed E-state index contributed by atoms with van der Waals surface area (Å²) in [6, 6.07) is 31.8. The van der Waals surface area contributed by atoms with Crippen molar-refractivity contribution in [3.8, 4) is 17.2 Å². The van der Waals surface area contributed by atoms with Crippen molar-refractivity contribution in [3.63, 3.8) is 0 Å². The Balaban J connectivity index is 0.000000212. The van der Waals surface area contributed by atoms with E-state index in [2.05, 4.69) is 18.7 Å². The number of carbonyl (C=O) groups is 7. The number of fused-ring (bicyclic) bond motifs is 8. The number of benzene rings is 5. The largest absolute Gasteiger partial charge is 0.550 e. The van der Waals surface area contributed by atoms with Gasteiger partial charge in [-0.1, -0.05) is 66.7 Å². The van der Waals surface area contributed by atoms with Crippen LogP contribution in [0, 0.1) is 0 Å². The molecular weight excluding hydrogens is 1750 g/mol. The predicted octanol–water partition coefficient (Wildman–Crippen LogP) is 15.5. The number of sulfonamides is 1. The van der Waals surface area contributed by atoms with Crippen molar-refractivity contribution in [3.05, 3.63) is 156 Å². The number of halogens is 9. The van der Waals surface area contributed by atoms with Crippen LogP contribution in [-0.4, -0.2) is 220 Å². The lowest BCUT2D eigenvalue weighted by molar-refractivity contribution is -0.440. The van der Waals surface area contributed by atoms with E-state index < -0.39 is 106 Å². The summed E-state index contributed by atoms with van der Waals surface area (Å²) in [7, 11) is -12.3. The van der Waals surface area contributed by atoms with Crippen molar-refractivity contribution < 1.29 is 147 Å². The molecule has 42 heteroatoms. The number of amides is 4. The van der Waals surface area contributed by atoms with Gasteiger partial charge in [0.25, 0.3) is 5.91 Å². The van der Waals surface area contributed by atoms with Gasteiger partial charge in [0, 0.05) is 107 Å². The van der Waals surface area contributed by atoms with Gasteiger partial charge < -0.3 is 73.0 Å². The number of anilines is 1. The minimum atomic E-state index is -5.99. The normalized spacial score (nSPS) is 21.9. The van der Waals surface area contributed by atoms with Crippen LogP contribution in [-0.2, 0) is 52.6 Å². The maximum Gasteiger partial charge on any atom is 0.550 e. The minimum absolute atomic E-state index is 0.0380. The molecule has 9 heterocycles. The summed E-state index contributed by atoms with van der Waals surface area (Å²) in [6.07, 6.45) is 6.35. The van der Waals surface area contributed by atoms with Crippen molar-refractivity contribution in [1.29, 1.82) is 0 Å². The summed E-state index contributed by atoms with van der Waals surface area (Å²) < 4.78 is 194. The summed E-state index contributed by atoms with van der Waals surface area (Å²) in [5.74, 6) is 0.821. The Morgan fingerprint density at radius 1 is 0.567 bits per heavy atom. The number of aliphatic hydroxyl groups is 1. The highest BCUT2D eigenvalue weighted by Crippen LogP contribution is 2.51. The molecule has 7 fully saturated rings. The highest BCUT2D eigenvalue weighted by atomic mass is 32.3. The summed E-state index contributed by atoms with van der Waals surface area (Å²) in [5.41, 5.74) is -13.0. The van der Waals surface area contributed by atoms with E-state index >= 15 is 0 Å². The van der Waals surface area contributed by atoms with E-state index in [4.69, 9.17) is 43.9 Å². The molecule has 14 rings (SSSR count). The van der Waals surface area contributed by atoms with E-state index in [-0.39, 0.29) is 102 Å². The second kappa shape index (κ2) is 43.8. The van der Waals surface area contributed by atoms with Crippen molar-refractivity contribution in [1.82, 2.24) is 24.9 Å². The molecule has 702 valence electrons. The Hall–Kier alpha value is -9.43. The number of hydrogen-bond donors (Lipinski definition) is 5. The third-order valence-corrected chi connectivity index (χ3v) is 24.2. The molecule has 0 aromatic heterocycles. The van der Waals surface area contributed by atoms with Gasteiger partial charge >= 0.3 is 62.9 Å². The molecule has 0 radical (unpaired) electrons. The van der Waals surface area contributed by atoms with Crippen LogP contribution in [0.15, 0.2) is 133 Å². The van der Waals surface area contributed by atoms with E-state index in [1.54, 1.807) is 96.1 Å². The molecule has 6 atom stereocenters. The number of alkyl halides is 9. The first-order chi connectivity index (χ1) is 59.1. The average molecular weight is 1860 g/mol. The number of Topliss-reactive ketones (excluding diaryl/α,β-unsaturated/α-hetero) is 3. The van der Waals surface area contributed by atoms with Crippen molar-refractivity contribution in [2.24, 2.45) is 0 Å². The molecule has 2 spiro atoms. The van der Waals surface area contributed by atoms with E-state index in [9.17, 15) is 89.9 Å². The number of rotatable bonds is 12. The minimum Gasteiger partial charge on any atom is -0.507 e. The fraction of sp³-hybridized carbons (Fsp3) is 0.541. The molecule has 0 saturated carbocycles. The van der Waals surface area contributed by atoms with Crippen molar-refractivity contribution in [2.75, 3.05) is 37.0 Å². The van der Waals surface area contributed by atoms with Gasteiger partial charge in [-0.15, -0.1) is 22.4 Å². The number of nitrogens with zero attached hydrogens (tertiary/aromatic N) is 5. The molecule has 5 N–H and O–H groups in total. The summed E-state index contributed by atoms with van der Waals surface area (Å²) in [6.45, 7) is 25.7. The summed E-state index contributed by atoms with van der Waals surface area (Å²) >= 11 is -0.782. The number of phenolic OH excluding ortho intramolecular Hbond substituents is 1. The molecule has 6 bridgehead atoms. The van der Waals surface area contributed by atoms with E-state index in [0.717, 1.165) is 44.9 Å². The van der Waals surface area contributed by atoms with E-state index in [0.29, 0.717) is 85.9 Å². The number of nitrogens with one attached hydrogen (secondary N) is 1. The number of hydrogen-bond acceptors (Lipinski definition) is 25. The van der Waals surface area contributed by atoms with Crippen LogP contribution in [0.2, 0.25) is 0 Å². The fourth-order valence-electron chi connectivity index (χ4n) is 15.6. The predicted molar refractivity (Wildman–Crippen MR) is 452 cm³/mol. The second-order valence-electron chi connectivity index (χ2n) is 33.8. The topological polar surface area (TPSA) is 371 Å². The van der Waals surface area contributed by atoms with Gasteiger partial charge in [-0.3, -0.25) is 19.2 Å². The van der Waals surface area contributed by atoms with Gasteiger partial charge in [0.1, 0.15) is 51.0 Å². The van der Waals surface area contributed by atoms with Crippen LogP contribution in [0.3, 0.4) is 0 Å². The molecule has 4 amide bonds. The summed E-state index contributed by atoms with van der Waals surface area (Å²) in [5, 5.41) is 37.1. The number of para-hydroxylation sites is 4. The maximum absolute atomic E-state index is 13.0. The number of carbonyl (C=O) groups excluding carboxylic acids is 7. The SMILES string of the molecule is C1CCNC1.CC(=O)c1ccccc1O.CC(C)(C)OC(=O)N1C2CCC1CC(=O)C2.CC(C)(C)OC(=O)N1C2CCC1CC1(C=C(OS(=O)(=O)C(F)(F)F)c3ccccc3O1)C2.CC(C)(C)OC(=O)N1C2CCC1CC1(CC(=O)c3ccccc3O1)C2.CCN(CC)C(=O)c1ccc(B(O)O)cc1.CO.O=S(=O)(N(SOOC(F)(F)F)c1ccccc1)C(F)(F)F. The highest BCUT2D eigenvalue weighted by molar-refractivity contribution is 8.12. The van der Waals surface area contributed by atoms with E-state index in [1.165, 1.54) is 69.3 Å². The molecule has 0 aliphatic carbocycles. The molecule has 9 aliphatic rings. The first-order valence-electron chi connectivity index (χ1n) is 40.9. The lowest BCUT2D eigenvalue weighted by Gasteiger charge is -2.47. The zero-order valence-electron chi connectivity index (χ0n) is 72.6. The Morgan fingerprint density at radius 3 is 1.40 bits per heavy atom. The zero-order valence-corrected chi connectivity index (χ0v) is 75.0. The molecule has 29 nitrogen and oxygen atoms in total. The number of aliphatic hydroxyl groups excluding tert-OH is 1. The fourth-order valence-corrected chi connectivity index (χ4v) is 17.7. The standard InChI is InChI=1S/C21H24F3NO6S.C20H25NO4.C12H19NO3.C11H16BNO3.C8H5F6NO4S2.C8H8O2.C4H9N.CH4O/c1-19(2,3)30-18(26)25-13-8-9-14(25)11-20(10-13)12-17(31-32(27,28)21(22,23)24)15-6-4-5-7-16(15)29-20;1-19(2,3)25-18(23)21-13-8-9-14(21)11-20(10-13)12-16(22)15-6-4-5-7-17(15)24-20;1-12(2,3)16-11(15)13-8-4-5-9(13)7-10(14)6-8;1-3-13(4-2)11(14)9-5-7-10(8-6-9)12(15)16;9-7(10,11)18-19-20-15(6-4-2-1-3-5-6)21(16,17)8(12,13)14;1-6(9)7-4-2-3-5-8(7)10;1-2-4-5-3-1;1-2/h4-7,12-14H,8-11H2,1-3H3;4-7,13-14H,8-12H2,1-3H3;8-9H,4-7H2,1-3H3;5-8,15-16H,3-4H2,1-2H3;1-5H;2-5,10H,1H3;5H,1-4H2;2H,1H3. The molecule has 127 heavy (non-hydrogen) atoms. The number of piperidine rings is 3. The Bertz CT molecular complexity index is 4780. The maximum atomic E-state index is 13.0. The van der Waals surface area contributed by atoms with Crippen LogP contribution in [0.1, 0.15) is 216 Å². The third kappa shape index (κ3) is 29.3. The van der Waals surface area contributed by atoms with Crippen molar-refractivity contribution in [2.45, 2.75) is 261 Å². The van der Waals surface area contributed by atoms with Crippen LogP contribution < -0.4 is 24.0 Å². The highest BCUT2D eigenvalue weighted by Gasteiger charge is 2.58. The van der Waals surface area contributed by atoms with Gasteiger partial charge in [0.2, 0.25) is 0 Å². The molecule has 6 unspecified atom stereocenters. The molecule has 5 aromatic carbocycles. The molecule has 7 saturated heterocycles.